The molecule has 1 aromatic heterocycles. The van der Waals surface area contributed by atoms with Crippen LogP contribution >= 0.6 is 11.3 Å². The van der Waals surface area contributed by atoms with E-state index in [0.717, 1.165) is 22.4 Å². The number of sulfonamides is 1. The van der Waals surface area contributed by atoms with Crippen LogP contribution in [0, 0.1) is 0 Å². The number of thiophene rings is 1. The van der Waals surface area contributed by atoms with Gasteiger partial charge in [0.05, 0.1) is 0 Å². The first-order chi connectivity index (χ1) is 12.3. The molecule has 1 aromatic carbocycles. The summed E-state index contributed by atoms with van der Waals surface area (Å²) in [5.41, 5.74) is 3.11. The summed E-state index contributed by atoms with van der Waals surface area (Å²) in [5.74, 6) is 0.0218. The van der Waals surface area contributed by atoms with E-state index in [1.807, 2.05) is 31.2 Å². The van der Waals surface area contributed by atoms with Crippen LogP contribution in [0.2, 0.25) is 0 Å². The van der Waals surface area contributed by atoms with E-state index >= 15 is 0 Å². The molecule has 0 fully saturated rings. The lowest BCUT2D eigenvalue weighted by Gasteiger charge is -2.25. The summed E-state index contributed by atoms with van der Waals surface area (Å²) in [6, 6.07) is 9.40. The number of hydrogen-bond donors (Lipinski definition) is 1. The monoisotopic (exact) mass is 392 g/mol. The van der Waals surface area contributed by atoms with E-state index in [1.165, 1.54) is 16.9 Å². The van der Waals surface area contributed by atoms with Gasteiger partial charge in [0, 0.05) is 30.9 Å². The number of nitrogens with one attached hydrogen (secondary N) is 1. The van der Waals surface area contributed by atoms with E-state index in [0.29, 0.717) is 23.7 Å². The van der Waals surface area contributed by atoms with Gasteiger partial charge in [-0.1, -0.05) is 31.2 Å². The zero-order valence-corrected chi connectivity index (χ0v) is 16.9. The van der Waals surface area contributed by atoms with Gasteiger partial charge in [-0.05, 0) is 42.5 Å². The number of fused-ring (bicyclic) bond motifs is 1. The Balaban J connectivity index is 1.77. The quantitative estimate of drug-likeness (QED) is 0.849. The van der Waals surface area contributed by atoms with Crippen LogP contribution in [-0.2, 0) is 34.2 Å². The van der Waals surface area contributed by atoms with Crippen LogP contribution in [0.4, 0.5) is 0 Å². The normalized spacial score (nSPS) is 15.6. The summed E-state index contributed by atoms with van der Waals surface area (Å²) >= 11 is 1.31. The first-order valence-electron chi connectivity index (χ1n) is 8.78. The first kappa shape index (κ1) is 19.1. The van der Waals surface area contributed by atoms with Gasteiger partial charge >= 0.3 is 0 Å². The molecule has 1 atom stereocenters. The molecule has 0 saturated heterocycles. The molecule has 2 heterocycles. The highest BCUT2D eigenvalue weighted by Crippen LogP contribution is 2.31. The first-order valence-corrected chi connectivity index (χ1v) is 11.1. The van der Waals surface area contributed by atoms with Crippen LogP contribution in [0.25, 0.3) is 0 Å². The van der Waals surface area contributed by atoms with Gasteiger partial charge in [0.1, 0.15) is 4.21 Å². The highest BCUT2D eigenvalue weighted by atomic mass is 32.2. The zero-order chi connectivity index (χ0) is 18.9. The van der Waals surface area contributed by atoms with E-state index in [9.17, 15) is 13.2 Å². The minimum absolute atomic E-state index is 0.0218. The summed E-state index contributed by atoms with van der Waals surface area (Å²) in [5, 5.41) is 0. The highest BCUT2D eigenvalue weighted by molar-refractivity contribution is 7.91. The fraction of sp³-hybridized carbons (Fsp3) is 0.421. The smallest absolute Gasteiger partial charge is 0.250 e. The Kier molecular flexibility index (Phi) is 5.50. The Hall–Kier alpha value is -1.70. The average Bonchev–Trinajstić information content (AvgIpc) is 3.05. The molecular formula is C19H24N2O3S2. The van der Waals surface area contributed by atoms with Crippen LogP contribution < -0.4 is 4.72 Å². The third-order valence-electron chi connectivity index (χ3n) is 4.77. The molecule has 1 aliphatic heterocycles. The van der Waals surface area contributed by atoms with Gasteiger partial charge in [-0.2, -0.15) is 0 Å². The zero-order valence-electron chi connectivity index (χ0n) is 15.3. The van der Waals surface area contributed by atoms with Crippen molar-refractivity contribution in [2.75, 3.05) is 6.54 Å². The van der Waals surface area contributed by atoms with Gasteiger partial charge in [0.2, 0.25) is 5.91 Å². The van der Waals surface area contributed by atoms with Crippen molar-refractivity contribution in [1.29, 1.82) is 0 Å². The molecule has 0 bridgehead atoms. The number of amides is 1. The van der Waals surface area contributed by atoms with Crippen LogP contribution in [-0.4, -0.2) is 25.8 Å². The number of nitrogens with zero attached hydrogens (tertiary/aromatic N) is 1. The molecule has 0 saturated carbocycles. The second kappa shape index (κ2) is 7.50. The van der Waals surface area contributed by atoms with Crippen LogP contribution in [0.1, 0.15) is 48.4 Å². The van der Waals surface area contributed by atoms with Crippen LogP contribution in [0.5, 0.6) is 0 Å². The van der Waals surface area contributed by atoms with E-state index in [4.69, 9.17) is 0 Å². The number of carbonyl (C=O) groups excluding carboxylic acids is 1. The summed E-state index contributed by atoms with van der Waals surface area (Å²) in [6.45, 7) is 6.62. The Morgan fingerprint density at radius 3 is 2.62 bits per heavy atom. The summed E-state index contributed by atoms with van der Waals surface area (Å²) in [6.07, 6.45) is 1.67. The van der Waals surface area contributed by atoms with Crippen molar-refractivity contribution in [3.63, 3.8) is 0 Å². The SMILES string of the molecule is CCc1ccc([C@@H](C)NS(=O)(=O)c2cc3c(s2)CCN(C(C)=O)C3)cc1. The van der Waals surface area contributed by atoms with Gasteiger partial charge in [-0.3, -0.25) is 4.79 Å². The van der Waals surface area contributed by atoms with Crippen LogP contribution in [0.3, 0.4) is 0 Å². The van der Waals surface area contributed by atoms with Gasteiger partial charge in [0.15, 0.2) is 0 Å². The van der Waals surface area contributed by atoms with Crippen molar-refractivity contribution in [2.24, 2.45) is 0 Å². The molecule has 1 aliphatic rings. The van der Waals surface area contributed by atoms with Crippen LogP contribution in [0.15, 0.2) is 34.5 Å². The molecule has 2 aromatic rings. The Labute approximate surface area is 159 Å². The predicted octanol–water partition coefficient (Wildman–Crippen LogP) is 3.25. The summed E-state index contributed by atoms with van der Waals surface area (Å²) < 4.78 is 28.7. The molecule has 0 spiro atoms. The molecular weight excluding hydrogens is 368 g/mol. The lowest BCUT2D eigenvalue weighted by atomic mass is 10.1. The molecule has 3 rings (SSSR count). The number of carbonyl (C=O) groups is 1. The number of rotatable bonds is 5. The lowest BCUT2D eigenvalue weighted by molar-refractivity contribution is -0.129. The van der Waals surface area contributed by atoms with Crippen molar-refractivity contribution >= 4 is 27.3 Å². The Bertz CT molecular complexity index is 901. The maximum absolute atomic E-state index is 12.8. The van der Waals surface area contributed by atoms with Crippen molar-refractivity contribution < 1.29 is 13.2 Å². The lowest BCUT2D eigenvalue weighted by Crippen LogP contribution is -2.33. The average molecular weight is 393 g/mol. The summed E-state index contributed by atoms with van der Waals surface area (Å²) in [7, 11) is -3.59. The summed E-state index contributed by atoms with van der Waals surface area (Å²) in [4.78, 5) is 14.4. The minimum atomic E-state index is -3.59. The van der Waals surface area contributed by atoms with Gasteiger partial charge in [-0.15, -0.1) is 11.3 Å². The molecule has 0 aliphatic carbocycles. The number of hydrogen-bond acceptors (Lipinski definition) is 4. The third-order valence-corrected chi connectivity index (χ3v) is 8.03. The van der Waals surface area contributed by atoms with Crippen molar-refractivity contribution in [2.45, 2.75) is 50.4 Å². The molecule has 26 heavy (non-hydrogen) atoms. The van der Waals surface area contributed by atoms with E-state index in [1.54, 1.807) is 17.9 Å². The second-order valence-electron chi connectivity index (χ2n) is 6.64. The minimum Gasteiger partial charge on any atom is -0.338 e. The van der Waals surface area contributed by atoms with Crippen molar-refractivity contribution in [1.82, 2.24) is 9.62 Å². The standard InChI is InChI=1S/C19H24N2O3S2/c1-4-15-5-7-16(8-6-15)13(2)20-26(23,24)19-11-17-12-21(14(3)22)10-9-18(17)25-19/h5-8,11,13,20H,4,9-10,12H2,1-3H3/t13-/m1/s1. The van der Waals surface area contributed by atoms with E-state index in [2.05, 4.69) is 11.6 Å². The Morgan fingerprint density at radius 2 is 2.00 bits per heavy atom. The fourth-order valence-electron chi connectivity index (χ4n) is 3.11. The topological polar surface area (TPSA) is 66.5 Å². The van der Waals surface area contributed by atoms with Gasteiger partial charge < -0.3 is 4.90 Å². The molecule has 140 valence electrons. The van der Waals surface area contributed by atoms with Crippen molar-refractivity contribution in [3.05, 3.63) is 51.9 Å². The second-order valence-corrected chi connectivity index (χ2v) is 9.72. The van der Waals surface area contributed by atoms with Crippen molar-refractivity contribution in [3.8, 4) is 0 Å². The molecule has 5 nitrogen and oxygen atoms in total. The highest BCUT2D eigenvalue weighted by Gasteiger charge is 2.26. The number of benzene rings is 1. The predicted molar refractivity (Wildman–Crippen MR) is 104 cm³/mol. The molecule has 7 heteroatoms. The molecule has 1 amide bonds. The largest absolute Gasteiger partial charge is 0.338 e. The number of aryl methyl sites for hydroxylation is 1. The molecule has 0 radical (unpaired) electrons. The van der Waals surface area contributed by atoms with E-state index in [-0.39, 0.29) is 11.9 Å². The molecule has 1 N–H and O–H groups in total. The maximum Gasteiger partial charge on any atom is 0.250 e. The fourth-order valence-corrected chi connectivity index (χ4v) is 5.90. The van der Waals surface area contributed by atoms with E-state index < -0.39 is 10.0 Å². The van der Waals surface area contributed by atoms with Gasteiger partial charge in [0.25, 0.3) is 10.0 Å². The third kappa shape index (κ3) is 4.00. The van der Waals surface area contributed by atoms with Gasteiger partial charge in [-0.25, -0.2) is 13.1 Å². The maximum atomic E-state index is 12.8. The molecule has 0 unspecified atom stereocenters. The Morgan fingerprint density at radius 1 is 1.31 bits per heavy atom.